The minimum absolute atomic E-state index is 0.0594. The molecule has 2 aromatic carbocycles. The van der Waals surface area contributed by atoms with Gasteiger partial charge >= 0.3 is 0 Å². The van der Waals surface area contributed by atoms with Gasteiger partial charge in [0.25, 0.3) is 0 Å². The average Bonchev–Trinajstić information content (AvgIpc) is 3.34. The molecule has 4 nitrogen and oxygen atoms in total. The van der Waals surface area contributed by atoms with Gasteiger partial charge in [-0.25, -0.2) is 5.43 Å². The van der Waals surface area contributed by atoms with E-state index < -0.39 is 0 Å². The van der Waals surface area contributed by atoms with Crippen molar-refractivity contribution in [3.63, 3.8) is 0 Å². The first-order chi connectivity index (χ1) is 14.0. The van der Waals surface area contributed by atoms with Gasteiger partial charge in [0.1, 0.15) is 12.4 Å². The van der Waals surface area contributed by atoms with Crippen molar-refractivity contribution < 1.29 is 9.53 Å². The van der Waals surface area contributed by atoms with E-state index in [0.717, 1.165) is 32.2 Å². The van der Waals surface area contributed by atoms with Gasteiger partial charge in [0, 0.05) is 10.4 Å². The Bertz CT molecular complexity index is 929. The maximum Gasteiger partial charge on any atom is 0.244 e. The van der Waals surface area contributed by atoms with Gasteiger partial charge in [0.05, 0.1) is 10.7 Å². The molecule has 2 fully saturated rings. The second-order valence-electron chi connectivity index (χ2n) is 8.18. The molecule has 152 valence electrons. The van der Waals surface area contributed by atoms with Gasteiger partial charge < -0.3 is 4.74 Å². The molecule has 0 aromatic heterocycles. The number of benzene rings is 2. The van der Waals surface area contributed by atoms with E-state index in [4.69, 9.17) is 4.74 Å². The molecule has 6 heteroatoms. The first-order valence-corrected chi connectivity index (χ1v) is 11.6. The molecule has 0 bridgehead atoms. The van der Waals surface area contributed by atoms with Gasteiger partial charge in [-0.05, 0) is 81.6 Å². The number of ether oxygens (including phenoxy) is 1. The lowest BCUT2D eigenvalue weighted by atomic mass is 9.90. The Morgan fingerprint density at radius 1 is 1.24 bits per heavy atom. The van der Waals surface area contributed by atoms with Gasteiger partial charge in [-0.15, -0.1) is 0 Å². The first kappa shape index (κ1) is 20.6. The smallest absolute Gasteiger partial charge is 0.244 e. The maximum atomic E-state index is 12.5. The van der Waals surface area contributed by atoms with Crippen LogP contribution in [0.4, 0.5) is 0 Å². The lowest BCUT2D eigenvalue weighted by Crippen LogP contribution is -2.22. The van der Waals surface area contributed by atoms with Crippen molar-refractivity contribution in [3.05, 3.63) is 62.5 Å². The number of fused-ring (bicyclic) bond motifs is 1. The first-order valence-electron chi connectivity index (χ1n) is 9.97. The Morgan fingerprint density at radius 3 is 2.72 bits per heavy atom. The van der Waals surface area contributed by atoms with Crippen molar-refractivity contribution in [3.8, 4) is 5.75 Å². The number of nitrogens with zero attached hydrogens (tertiary/aromatic N) is 1. The predicted molar refractivity (Wildman–Crippen MR) is 122 cm³/mol. The normalized spacial score (nSPS) is 25.5. The van der Waals surface area contributed by atoms with E-state index in [1.807, 2.05) is 42.5 Å². The number of carbonyl (C=O) groups excluding carboxylic acids is 1. The molecule has 0 aliphatic heterocycles. The highest BCUT2D eigenvalue weighted by Gasteiger charge is 2.64. The van der Waals surface area contributed by atoms with Gasteiger partial charge in [-0.3, -0.25) is 4.79 Å². The number of hydrazone groups is 1. The Morgan fingerprint density at radius 2 is 2.03 bits per heavy atom. The van der Waals surface area contributed by atoms with Crippen molar-refractivity contribution in [1.82, 2.24) is 5.43 Å². The van der Waals surface area contributed by atoms with Gasteiger partial charge in [-0.2, -0.15) is 5.10 Å². The summed E-state index contributed by atoms with van der Waals surface area (Å²) in [5.41, 5.74) is 4.94. The highest BCUT2D eigenvalue weighted by Crippen LogP contribution is 2.66. The summed E-state index contributed by atoms with van der Waals surface area (Å²) in [7, 11) is 0. The molecule has 1 amide bonds. The van der Waals surface area contributed by atoms with Crippen LogP contribution < -0.4 is 10.2 Å². The minimum atomic E-state index is 0.0594. The van der Waals surface area contributed by atoms with Crippen molar-refractivity contribution in [2.75, 3.05) is 0 Å². The van der Waals surface area contributed by atoms with Crippen LogP contribution >= 0.6 is 31.9 Å². The number of halogens is 2. The summed E-state index contributed by atoms with van der Waals surface area (Å²) in [4.78, 5) is 12.5. The number of amides is 1. The van der Waals surface area contributed by atoms with Gasteiger partial charge in [0.15, 0.2) is 0 Å². The Kier molecular flexibility index (Phi) is 6.11. The summed E-state index contributed by atoms with van der Waals surface area (Å²) in [6.07, 6.45) is 6.50. The van der Waals surface area contributed by atoms with E-state index in [1.165, 1.54) is 19.3 Å². The molecule has 4 rings (SSSR count). The molecular formula is C23H24Br2N2O2. The molecule has 0 saturated heterocycles. The van der Waals surface area contributed by atoms with Crippen LogP contribution in [-0.4, -0.2) is 12.1 Å². The zero-order chi connectivity index (χ0) is 20.4. The van der Waals surface area contributed by atoms with E-state index in [9.17, 15) is 4.79 Å². The summed E-state index contributed by atoms with van der Waals surface area (Å²) in [6.45, 7) is 2.74. The van der Waals surface area contributed by atoms with Crippen molar-refractivity contribution >= 4 is 44.0 Å². The summed E-state index contributed by atoms with van der Waals surface area (Å²) >= 11 is 6.99. The third-order valence-corrected chi connectivity index (χ3v) is 7.41. The second kappa shape index (κ2) is 8.60. The molecule has 2 saturated carbocycles. The number of hydrogen-bond acceptors (Lipinski definition) is 3. The fourth-order valence-corrected chi connectivity index (χ4v) is 5.32. The highest BCUT2D eigenvalue weighted by molar-refractivity contribution is 9.10. The SMILES string of the molecule is C[C@]12CCCC[C@@H]1[C@H]2C(=O)N/N=C\c1ccc(OCc2ccc(Br)cc2)c(Br)c1. The standard InChI is InChI=1S/C23H24Br2N2O2/c1-23-11-3-2-4-18(23)21(23)22(28)27-26-13-16-7-10-20(19(25)12-16)29-14-15-5-8-17(24)9-6-15/h5-10,12-13,18,21H,2-4,11,14H2,1H3,(H,27,28)/b26-13-/t18-,21+,23+/m1/s1. The second-order valence-corrected chi connectivity index (χ2v) is 9.95. The summed E-state index contributed by atoms with van der Waals surface area (Å²) in [6, 6.07) is 13.8. The fourth-order valence-electron chi connectivity index (χ4n) is 4.55. The molecule has 0 radical (unpaired) electrons. The largest absolute Gasteiger partial charge is 0.488 e. The van der Waals surface area contributed by atoms with E-state index in [2.05, 4.69) is 49.3 Å². The van der Waals surface area contributed by atoms with Crippen LogP contribution in [-0.2, 0) is 11.4 Å². The molecular weight excluding hydrogens is 496 g/mol. The molecule has 0 spiro atoms. The van der Waals surface area contributed by atoms with E-state index in [0.29, 0.717) is 12.5 Å². The van der Waals surface area contributed by atoms with E-state index in [-0.39, 0.29) is 17.2 Å². The van der Waals surface area contributed by atoms with Crippen molar-refractivity contribution in [2.24, 2.45) is 22.4 Å². The molecule has 1 N–H and O–H groups in total. The molecule has 3 atom stereocenters. The number of carbonyl (C=O) groups is 1. The van der Waals surface area contributed by atoms with Crippen LogP contribution in [0.25, 0.3) is 0 Å². The van der Waals surface area contributed by atoms with Crippen molar-refractivity contribution in [1.29, 1.82) is 0 Å². The Balaban J connectivity index is 1.31. The third kappa shape index (κ3) is 4.58. The maximum absolute atomic E-state index is 12.5. The Labute approximate surface area is 188 Å². The van der Waals surface area contributed by atoms with Crippen LogP contribution in [0.15, 0.2) is 56.5 Å². The average molecular weight is 520 g/mol. The lowest BCUT2D eigenvalue weighted by molar-refractivity contribution is -0.123. The quantitative estimate of drug-likeness (QED) is 0.372. The third-order valence-electron chi connectivity index (χ3n) is 6.27. The molecule has 0 unspecified atom stereocenters. The van der Waals surface area contributed by atoms with E-state index in [1.54, 1.807) is 6.21 Å². The minimum Gasteiger partial charge on any atom is -0.488 e. The van der Waals surface area contributed by atoms with Crippen molar-refractivity contribution in [2.45, 2.75) is 39.2 Å². The summed E-state index contributed by atoms with van der Waals surface area (Å²) in [5.74, 6) is 1.50. The lowest BCUT2D eigenvalue weighted by Gasteiger charge is -2.15. The molecule has 2 aliphatic rings. The molecule has 2 aromatic rings. The summed E-state index contributed by atoms with van der Waals surface area (Å²) in [5, 5.41) is 4.17. The zero-order valence-electron chi connectivity index (χ0n) is 16.3. The predicted octanol–water partition coefficient (Wildman–Crippen LogP) is 6.07. The van der Waals surface area contributed by atoms with Gasteiger partial charge in [0.2, 0.25) is 5.91 Å². The van der Waals surface area contributed by atoms with Crippen LogP contribution in [0.3, 0.4) is 0 Å². The topological polar surface area (TPSA) is 50.7 Å². The number of rotatable bonds is 6. The molecule has 29 heavy (non-hydrogen) atoms. The zero-order valence-corrected chi connectivity index (χ0v) is 19.5. The van der Waals surface area contributed by atoms with Crippen LogP contribution in [0, 0.1) is 17.3 Å². The van der Waals surface area contributed by atoms with Crippen LogP contribution in [0.2, 0.25) is 0 Å². The fraction of sp³-hybridized carbons (Fsp3) is 0.391. The Hall–Kier alpha value is -1.66. The van der Waals surface area contributed by atoms with Crippen LogP contribution in [0.5, 0.6) is 5.75 Å². The monoisotopic (exact) mass is 518 g/mol. The van der Waals surface area contributed by atoms with Gasteiger partial charge in [-0.1, -0.05) is 47.8 Å². The number of nitrogens with one attached hydrogen (secondary N) is 1. The van der Waals surface area contributed by atoms with Crippen LogP contribution in [0.1, 0.15) is 43.7 Å². The van der Waals surface area contributed by atoms with E-state index >= 15 is 0 Å². The summed E-state index contributed by atoms with van der Waals surface area (Å²) < 4.78 is 7.79. The highest BCUT2D eigenvalue weighted by atomic mass is 79.9. The molecule has 0 heterocycles. The number of hydrogen-bond donors (Lipinski definition) is 1. The molecule has 2 aliphatic carbocycles.